The van der Waals surface area contributed by atoms with Gasteiger partial charge in [-0.05, 0) is 41.5 Å². The summed E-state index contributed by atoms with van der Waals surface area (Å²) in [6.07, 6.45) is -4.65. The Kier molecular flexibility index (Phi) is 16.1. The minimum Gasteiger partial charge on any atom is -0.488 e. The van der Waals surface area contributed by atoms with Crippen LogP contribution < -0.4 is 16.2 Å². The second kappa shape index (κ2) is 19.9. The third kappa shape index (κ3) is 11.2. The average Bonchev–Trinajstić information content (AvgIpc) is 3.14. The molecule has 1 saturated heterocycles. The quantitative estimate of drug-likeness (QED) is 0.184. The molecule has 0 aliphatic carbocycles. The summed E-state index contributed by atoms with van der Waals surface area (Å²) in [4.78, 5) is 49.5. The molecule has 4 aromatic carbocycles. The molecule has 266 valence electrons. The molecule has 1 aliphatic heterocycles. The maximum atomic E-state index is 13.3. The van der Waals surface area contributed by atoms with Gasteiger partial charge < -0.3 is 36.2 Å². The number of halogens is 3. The van der Waals surface area contributed by atoms with Gasteiger partial charge in [0, 0.05) is 44.4 Å². The number of nitrogens with zero attached hydrogens (tertiary/aromatic N) is 2. The SMILES string of the molecule is CO.N.O=C(NCC(=O)N1CCN(C(=O)c2ccccc2C(F)(F)F)CC1)c1ccc(-c2ccccc2OCc2ccccc2)cc1.O=CO. The number of rotatable bonds is 8. The van der Waals surface area contributed by atoms with Gasteiger partial charge in [0.15, 0.2) is 0 Å². The Morgan fingerprint density at radius 3 is 1.96 bits per heavy atom. The number of hydrogen-bond donors (Lipinski definition) is 4. The highest BCUT2D eigenvalue weighted by molar-refractivity contribution is 5.97. The molecule has 0 bridgehead atoms. The van der Waals surface area contributed by atoms with E-state index in [9.17, 15) is 27.6 Å². The van der Waals surface area contributed by atoms with Crippen LogP contribution in [0.2, 0.25) is 0 Å². The predicted octanol–water partition coefficient (Wildman–Crippen LogP) is 5.14. The average molecular weight is 697 g/mol. The van der Waals surface area contributed by atoms with E-state index in [1.54, 1.807) is 12.1 Å². The van der Waals surface area contributed by atoms with Crippen molar-refractivity contribution in [1.82, 2.24) is 21.3 Å². The first kappa shape index (κ1) is 40.4. The molecule has 0 radical (unpaired) electrons. The van der Waals surface area contributed by atoms with Gasteiger partial charge in [-0.1, -0.05) is 72.8 Å². The lowest BCUT2D eigenvalue weighted by atomic mass is 10.0. The Hall–Kier alpha value is -5.73. The summed E-state index contributed by atoms with van der Waals surface area (Å²) in [5.74, 6) is -0.781. The highest BCUT2D eigenvalue weighted by Gasteiger charge is 2.36. The summed E-state index contributed by atoms with van der Waals surface area (Å²) in [7, 11) is 1.00. The Balaban J connectivity index is 0.00000137. The summed E-state index contributed by atoms with van der Waals surface area (Å²) in [5, 5.41) is 16.5. The standard InChI is InChI=1S/C34H30F3N3O4.CH2O2.CH4O.H3N/c35-34(36,37)29-12-6-4-11-28(29)33(43)40-20-18-39(19-21-40)31(41)22-38-32(42)26-16-14-25(15-17-26)27-10-5-7-13-30(27)44-23-24-8-2-1-3-9-24;2-1-3;1-2;/h1-17H,18-23H2,(H,38,42);1H,(H,2,3);2H,1H3;1H3. The maximum absolute atomic E-state index is 13.3. The van der Waals surface area contributed by atoms with E-state index >= 15 is 0 Å². The molecular weight excluding hydrogens is 657 g/mol. The van der Waals surface area contributed by atoms with Crippen molar-refractivity contribution in [1.29, 1.82) is 0 Å². The van der Waals surface area contributed by atoms with Gasteiger partial charge in [-0.25, -0.2) is 0 Å². The highest BCUT2D eigenvalue weighted by Crippen LogP contribution is 2.33. The molecule has 6 N–H and O–H groups in total. The van der Waals surface area contributed by atoms with Crippen molar-refractivity contribution in [3.63, 3.8) is 0 Å². The smallest absolute Gasteiger partial charge is 0.417 e. The molecule has 4 aromatic rings. The molecule has 0 spiro atoms. The van der Waals surface area contributed by atoms with Crippen molar-refractivity contribution >= 4 is 24.2 Å². The van der Waals surface area contributed by atoms with E-state index in [4.69, 9.17) is 19.7 Å². The van der Waals surface area contributed by atoms with Crippen molar-refractivity contribution in [3.8, 4) is 16.9 Å². The topological polar surface area (TPSA) is 171 Å². The van der Waals surface area contributed by atoms with Gasteiger partial charge in [-0.15, -0.1) is 0 Å². The molecule has 0 atom stereocenters. The van der Waals surface area contributed by atoms with Crippen molar-refractivity contribution < 1.29 is 47.3 Å². The summed E-state index contributed by atoms with van der Waals surface area (Å²) in [6.45, 7) is 0.390. The first-order valence-corrected chi connectivity index (χ1v) is 15.0. The zero-order chi connectivity index (χ0) is 35.8. The van der Waals surface area contributed by atoms with E-state index in [2.05, 4.69) is 5.32 Å². The first-order valence-electron chi connectivity index (χ1n) is 15.0. The number of ether oxygens (including phenoxy) is 1. The second-order valence-corrected chi connectivity index (χ2v) is 10.4. The first-order chi connectivity index (χ1) is 23.6. The van der Waals surface area contributed by atoms with E-state index in [0.717, 1.165) is 35.9 Å². The lowest BCUT2D eigenvalue weighted by molar-refractivity contribution is -0.138. The largest absolute Gasteiger partial charge is 0.488 e. The third-order valence-electron chi connectivity index (χ3n) is 7.36. The summed E-state index contributed by atoms with van der Waals surface area (Å²) < 4.78 is 46.1. The molecule has 3 amide bonds. The van der Waals surface area contributed by atoms with Crippen LogP contribution in [-0.4, -0.2) is 84.0 Å². The number of hydrogen-bond acceptors (Lipinski definition) is 7. The predicted molar refractivity (Wildman–Crippen MR) is 181 cm³/mol. The van der Waals surface area contributed by atoms with Crippen LogP contribution in [0.15, 0.2) is 103 Å². The van der Waals surface area contributed by atoms with E-state index in [1.807, 2.05) is 66.7 Å². The Labute approximate surface area is 287 Å². The molecule has 5 rings (SSSR count). The number of para-hydroxylation sites is 1. The number of alkyl halides is 3. The molecule has 0 aromatic heterocycles. The van der Waals surface area contributed by atoms with Crippen LogP contribution >= 0.6 is 0 Å². The van der Waals surface area contributed by atoms with Gasteiger partial charge in [0.25, 0.3) is 18.3 Å². The fourth-order valence-corrected chi connectivity index (χ4v) is 4.98. The molecule has 50 heavy (non-hydrogen) atoms. The van der Waals surface area contributed by atoms with Crippen LogP contribution in [0.25, 0.3) is 11.1 Å². The number of benzene rings is 4. The lowest BCUT2D eigenvalue weighted by Crippen LogP contribution is -2.52. The van der Waals surface area contributed by atoms with E-state index in [1.165, 1.54) is 21.9 Å². The maximum Gasteiger partial charge on any atom is 0.417 e. The van der Waals surface area contributed by atoms with Crippen LogP contribution in [0.1, 0.15) is 31.8 Å². The van der Waals surface area contributed by atoms with Gasteiger partial charge in [-0.2, -0.15) is 13.2 Å². The molecule has 1 heterocycles. The van der Waals surface area contributed by atoms with Gasteiger partial charge in [0.2, 0.25) is 5.91 Å². The zero-order valence-corrected chi connectivity index (χ0v) is 27.3. The number of aliphatic hydroxyl groups excluding tert-OH is 1. The van der Waals surface area contributed by atoms with Gasteiger partial charge in [0.05, 0.1) is 17.7 Å². The van der Waals surface area contributed by atoms with E-state index < -0.39 is 29.1 Å². The number of amides is 3. The van der Waals surface area contributed by atoms with Crippen LogP contribution in [0.5, 0.6) is 5.75 Å². The molecule has 1 aliphatic rings. The second-order valence-electron chi connectivity index (χ2n) is 10.4. The molecule has 0 saturated carbocycles. The molecule has 11 nitrogen and oxygen atoms in total. The van der Waals surface area contributed by atoms with Crippen LogP contribution in [-0.2, 0) is 22.4 Å². The van der Waals surface area contributed by atoms with Crippen molar-refractivity contribution in [2.75, 3.05) is 39.8 Å². The minimum atomic E-state index is -4.65. The van der Waals surface area contributed by atoms with Crippen LogP contribution in [0.4, 0.5) is 13.2 Å². The van der Waals surface area contributed by atoms with Gasteiger partial charge in [0.1, 0.15) is 12.4 Å². The summed E-state index contributed by atoms with van der Waals surface area (Å²) in [5.41, 5.74) is 1.77. The fourth-order valence-electron chi connectivity index (χ4n) is 4.98. The summed E-state index contributed by atoms with van der Waals surface area (Å²) >= 11 is 0. The monoisotopic (exact) mass is 696 g/mol. The fraction of sp³-hybridized carbons (Fsp3) is 0.222. The molecule has 14 heteroatoms. The van der Waals surface area contributed by atoms with Crippen LogP contribution in [0.3, 0.4) is 0 Å². The Morgan fingerprint density at radius 1 is 0.800 bits per heavy atom. The zero-order valence-electron chi connectivity index (χ0n) is 27.3. The summed E-state index contributed by atoms with van der Waals surface area (Å²) in [6, 6.07) is 29.1. The molecule has 1 fully saturated rings. The van der Waals surface area contributed by atoms with Crippen LogP contribution in [0, 0.1) is 0 Å². The van der Waals surface area contributed by atoms with Crippen molar-refractivity contribution in [2.45, 2.75) is 12.8 Å². The molecule has 0 unspecified atom stereocenters. The number of nitrogens with one attached hydrogen (secondary N) is 1. The number of piperazine rings is 1. The Bertz CT molecular complexity index is 1680. The number of carboxylic acid groups (broad SMARTS) is 1. The van der Waals surface area contributed by atoms with Gasteiger partial charge >= 0.3 is 6.18 Å². The van der Waals surface area contributed by atoms with Crippen molar-refractivity contribution in [3.05, 3.63) is 125 Å². The molecular formula is C36H39F3N4O7. The van der Waals surface area contributed by atoms with E-state index in [0.29, 0.717) is 17.9 Å². The lowest BCUT2D eigenvalue weighted by Gasteiger charge is -2.35. The normalized spacial score (nSPS) is 12.1. The number of carbonyl (C=O) groups is 4. The number of aliphatic hydroxyl groups is 1. The minimum absolute atomic E-state index is 0. The van der Waals surface area contributed by atoms with E-state index in [-0.39, 0.29) is 51.3 Å². The van der Waals surface area contributed by atoms with Gasteiger partial charge in [-0.3, -0.25) is 19.2 Å². The number of carbonyl (C=O) groups excluding carboxylic acids is 3. The Morgan fingerprint density at radius 2 is 1.34 bits per heavy atom. The highest BCUT2D eigenvalue weighted by atomic mass is 19.4. The third-order valence-corrected chi connectivity index (χ3v) is 7.36. The van der Waals surface area contributed by atoms with Crippen molar-refractivity contribution in [2.24, 2.45) is 0 Å².